The summed E-state index contributed by atoms with van der Waals surface area (Å²) in [6.45, 7) is 2.97. The Kier molecular flexibility index (Phi) is 6.71. The average Bonchev–Trinajstić information content (AvgIpc) is 2.42. The van der Waals surface area contributed by atoms with Gasteiger partial charge in [0.1, 0.15) is 0 Å². The lowest BCUT2D eigenvalue weighted by Gasteiger charge is -2.08. The van der Waals surface area contributed by atoms with Gasteiger partial charge in [-0.3, -0.25) is 10.1 Å². The molecule has 21 heavy (non-hydrogen) atoms. The normalized spacial score (nSPS) is 9.62. The summed E-state index contributed by atoms with van der Waals surface area (Å²) in [7, 11) is 0. The maximum Gasteiger partial charge on any atom is 0.341 e. The number of carbonyl (C=O) groups excluding carboxylic acids is 3. The standard InChI is InChI=1S/C13H12Cl2N2O4/c1-2-6-16-13(20)17-10(18)7-21-12(19)11-8(14)4-3-5-9(11)15/h2-5H,1,6-7H2,(H2,16,17,18,20). The van der Waals surface area contributed by atoms with Crippen LogP contribution in [0, 0.1) is 0 Å². The lowest BCUT2D eigenvalue weighted by Crippen LogP contribution is -2.41. The molecule has 0 fully saturated rings. The average molecular weight is 331 g/mol. The second kappa shape index (κ2) is 8.28. The summed E-state index contributed by atoms with van der Waals surface area (Å²) in [5.74, 6) is -1.64. The Bertz CT molecular complexity index is 555. The number of carbonyl (C=O) groups is 3. The number of benzene rings is 1. The van der Waals surface area contributed by atoms with E-state index >= 15 is 0 Å². The summed E-state index contributed by atoms with van der Waals surface area (Å²) in [4.78, 5) is 34.3. The van der Waals surface area contributed by atoms with Crippen molar-refractivity contribution in [2.24, 2.45) is 0 Å². The molecule has 1 aromatic rings. The molecular formula is C13H12Cl2N2O4. The first-order chi connectivity index (χ1) is 9.95. The van der Waals surface area contributed by atoms with E-state index in [1.54, 1.807) is 6.07 Å². The molecule has 112 valence electrons. The predicted octanol–water partition coefficient (Wildman–Crippen LogP) is 2.16. The van der Waals surface area contributed by atoms with Gasteiger partial charge in [0.25, 0.3) is 5.91 Å². The van der Waals surface area contributed by atoms with Gasteiger partial charge in [0.15, 0.2) is 6.61 Å². The Morgan fingerprint density at radius 3 is 2.43 bits per heavy atom. The van der Waals surface area contributed by atoms with Gasteiger partial charge in [0.05, 0.1) is 15.6 Å². The number of nitrogens with one attached hydrogen (secondary N) is 2. The number of esters is 1. The first-order valence-corrected chi connectivity index (χ1v) is 6.51. The van der Waals surface area contributed by atoms with Gasteiger partial charge in [-0.05, 0) is 12.1 Å². The summed E-state index contributed by atoms with van der Waals surface area (Å²) >= 11 is 11.6. The molecule has 0 atom stereocenters. The number of hydrogen-bond donors (Lipinski definition) is 2. The van der Waals surface area contributed by atoms with Crippen molar-refractivity contribution in [2.75, 3.05) is 13.2 Å². The predicted molar refractivity (Wildman–Crippen MR) is 78.5 cm³/mol. The third kappa shape index (κ3) is 5.45. The fourth-order valence-electron chi connectivity index (χ4n) is 1.27. The van der Waals surface area contributed by atoms with Crippen LogP contribution in [-0.4, -0.2) is 31.1 Å². The molecular weight excluding hydrogens is 319 g/mol. The minimum atomic E-state index is -0.854. The number of halogens is 2. The van der Waals surface area contributed by atoms with Crippen LogP contribution in [-0.2, 0) is 9.53 Å². The molecule has 0 aliphatic rings. The van der Waals surface area contributed by atoms with Crippen molar-refractivity contribution in [1.29, 1.82) is 0 Å². The topological polar surface area (TPSA) is 84.5 Å². The number of urea groups is 1. The van der Waals surface area contributed by atoms with E-state index in [-0.39, 0.29) is 22.2 Å². The molecule has 1 aromatic carbocycles. The Labute approximate surface area is 131 Å². The van der Waals surface area contributed by atoms with Crippen LogP contribution in [0.4, 0.5) is 4.79 Å². The molecule has 0 bridgehead atoms. The van der Waals surface area contributed by atoms with Crippen LogP contribution in [0.5, 0.6) is 0 Å². The Balaban J connectivity index is 2.51. The van der Waals surface area contributed by atoms with Crippen LogP contribution in [0.1, 0.15) is 10.4 Å². The second-order valence-corrected chi connectivity index (χ2v) is 4.53. The Morgan fingerprint density at radius 2 is 1.86 bits per heavy atom. The van der Waals surface area contributed by atoms with E-state index in [4.69, 9.17) is 27.9 Å². The van der Waals surface area contributed by atoms with Crippen molar-refractivity contribution in [3.05, 3.63) is 46.5 Å². The summed E-state index contributed by atoms with van der Waals surface area (Å²) in [5, 5.41) is 4.52. The quantitative estimate of drug-likeness (QED) is 0.640. The van der Waals surface area contributed by atoms with Crippen molar-refractivity contribution < 1.29 is 19.1 Å². The van der Waals surface area contributed by atoms with Crippen LogP contribution >= 0.6 is 23.2 Å². The monoisotopic (exact) mass is 330 g/mol. The zero-order valence-corrected chi connectivity index (χ0v) is 12.3. The molecule has 2 N–H and O–H groups in total. The van der Waals surface area contributed by atoms with Crippen molar-refractivity contribution in [3.63, 3.8) is 0 Å². The van der Waals surface area contributed by atoms with Gasteiger partial charge in [-0.15, -0.1) is 6.58 Å². The zero-order chi connectivity index (χ0) is 15.8. The summed E-state index contributed by atoms with van der Waals surface area (Å²) < 4.78 is 4.74. The Hall–Kier alpha value is -2.05. The van der Waals surface area contributed by atoms with Crippen LogP contribution in [0.25, 0.3) is 0 Å². The summed E-state index contributed by atoms with van der Waals surface area (Å²) in [6.07, 6.45) is 1.45. The van der Waals surface area contributed by atoms with Crippen molar-refractivity contribution >= 4 is 41.1 Å². The zero-order valence-electron chi connectivity index (χ0n) is 10.8. The van der Waals surface area contributed by atoms with Crippen molar-refractivity contribution in [1.82, 2.24) is 10.6 Å². The lowest BCUT2D eigenvalue weighted by atomic mass is 10.2. The van der Waals surface area contributed by atoms with Crippen LogP contribution in [0.2, 0.25) is 10.0 Å². The number of ether oxygens (including phenoxy) is 1. The first-order valence-electron chi connectivity index (χ1n) is 5.75. The molecule has 0 radical (unpaired) electrons. The molecule has 0 unspecified atom stereocenters. The van der Waals surface area contributed by atoms with Gasteiger partial charge < -0.3 is 10.1 Å². The molecule has 0 aliphatic heterocycles. The highest BCUT2D eigenvalue weighted by molar-refractivity contribution is 6.39. The minimum absolute atomic E-state index is 0.0373. The van der Waals surface area contributed by atoms with Crippen LogP contribution < -0.4 is 10.6 Å². The van der Waals surface area contributed by atoms with Crippen molar-refractivity contribution in [2.45, 2.75) is 0 Å². The molecule has 0 aliphatic carbocycles. The first kappa shape index (κ1) is 17.0. The third-order valence-corrected chi connectivity index (χ3v) is 2.79. The third-order valence-electron chi connectivity index (χ3n) is 2.16. The molecule has 0 saturated heterocycles. The summed E-state index contributed by atoms with van der Waals surface area (Å²) in [5.41, 5.74) is -0.0373. The largest absolute Gasteiger partial charge is 0.452 e. The maximum atomic E-state index is 11.8. The van der Waals surface area contributed by atoms with Crippen molar-refractivity contribution in [3.8, 4) is 0 Å². The number of amides is 3. The SMILES string of the molecule is C=CCNC(=O)NC(=O)COC(=O)c1c(Cl)cccc1Cl. The molecule has 0 spiro atoms. The molecule has 8 heteroatoms. The minimum Gasteiger partial charge on any atom is -0.452 e. The highest BCUT2D eigenvalue weighted by atomic mass is 35.5. The second-order valence-electron chi connectivity index (χ2n) is 3.72. The number of hydrogen-bond acceptors (Lipinski definition) is 4. The fraction of sp³-hybridized carbons (Fsp3) is 0.154. The fourth-order valence-corrected chi connectivity index (χ4v) is 1.82. The molecule has 0 aromatic heterocycles. The van der Waals surface area contributed by atoms with E-state index in [9.17, 15) is 14.4 Å². The van der Waals surface area contributed by atoms with Crippen LogP contribution in [0.15, 0.2) is 30.9 Å². The van der Waals surface area contributed by atoms with E-state index < -0.39 is 24.5 Å². The highest BCUT2D eigenvalue weighted by Gasteiger charge is 2.17. The van der Waals surface area contributed by atoms with Crippen LogP contribution in [0.3, 0.4) is 0 Å². The molecule has 3 amide bonds. The van der Waals surface area contributed by atoms with E-state index in [1.807, 2.05) is 5.32 Å². The highest BCUT2D eigenvalue weighted by Crippen LogP contribution is 2.24. The van der Waals surface area contributed by atoms with Gasteiger partial charge in [0.2, 0.25) is 0 Å². The molecule has 1 rings (SSSR count). The number of rotatable bonds is 5. The smallest absolute Gasteiger partial charge is 0.341 e. The number of imide groups is 1. The van der Waals surface area contributed by atoms with Gasteiger partial charge in [-0.1, -0.05) is 35.3 Å². The van der Waals surface area contributed by atoms with E-state index in [0.717, 1.165) is 0 Å². The molecule has 6 nitrogen and oxygen atoms in total. The van der Waals surface area contributed by atoms with E-state index in [2.05, 4.69) is 11.9 Å². The maximum absolute atomic E-state index is 11.8. The summed E-state index contributed by atoms with van der Waals surface area (Å²) in [6, 6.07) is 3.78. The van der Waals surface area contributed by atoms with Gasteiger partial charge in [-0.2, -0.15) is 0 Å². The Morgan fingerprint density at radius 1 is 1.24 bits per heavy atom. The molecule has 0 heterocycles. The molecule has 0 saturated carbocycles. The van der Waals surface area contributed by atoms with Gasteiger partial charge in [-0.25, -0.2) is 9.59 Å². The van der Waals surface area contributed by atoms with Gasteiger partial charge >= 0.3 is 12.0 Å². The van der Waals surface area contributed by atoms with E-state index in [1.165, 1.54) is 18.2 Å². The van der Waals surface area contributed by atoms with E-state index in [0.29, 0.717) is 0 Å². The lowest BCUT2D eigenvalue weighted by molar-refractivity contribution is -0.123. The van der Waals surface area contributed by atoms with Gasteiger partial charge in [0, 0.05) is 6.54 Å².